The highest BCUT2D eigenvalue weighted by atomic mass is 35.5. The van der Waals surface area contributed by atoms with Crippen molar-refractivity contribution in [2.24, 2.45) is 0 Å². The van der Waals surface area contributed by atoms with Crippen molar-refractivity contribution < 1.29 is 14.8 Å². The lowest BCUT2D eigenvalue weighted by molar-refractivity contribution is -0.385. The molecule has 0 amide bonds. The number of rotatable bonds is 7. The predicted molar refractivity (Wildman–Crippen MR) is 71.2 cm³/mol. The second kappa shape index (κ2) is 6.86. The van der Waals surface area contributed by atoms with Gasteiger partial charge in [-0.3, -0.25) is 19.8 Å². The van der Waals surface area contributed by atoms with Crippen LogP contribution in [0.5, 0.6) is 0 Å². The van der Waals surface area contributed by atoms with Crippen LogP contribution in [0.15, 0.2) is 30.9 Å². The van der Waals surface area contributed by atoms with Gasteiger partial charge in [-0.2, -0.15) is 0 Å². The van der Waals surface area contributed by atoms with Gasteiger partial charge in [0, 0.05) is 29.7 Å². The van der Waals surface area contributed by atoms with E-state index < -0.39 is 10.9 Å². The number of hydrogen-bond acceptors (Lipinski definition) is 4. The van der Waals surface area contributed by atoms with Crippen molar-refractivity contribution in [1.29, 1.82) is 0 Å². The molecule has 1 aromatic rings. The Kier molecular flexibility index (Phi) is 5.47. The molecule has 0 aromatic heterocycles. The maximum atomic E-state index is 10.9. The summed E-state index contributed by atoms with van der Waals surface area (Å²) in [6.07, 6.45) is 1.54. The van der Waals surface area contributed by atoms with Gasteiger partial charge in [0.1, 0.15) is 0 Å². The number of benzene rings is 1. The van der Waals surface area contributed by atoms with Crippen LogP contribution in [0.2, 0.25) is 5.02 Å². The van der Waals surface area contributed by atoms with E-state index in [2.05, 4.69) is 6.58 Å². The minimum atomic E-state index is -1.01. The summed E-state index contributed by atoms with van der Waals surface area (Å²) in [5.74, 6) is -1.01. The molecule has 0 spiro atoms. The first-order valence-corrected chi connectivity index (χ1v) is 5.79. The number of nitrogens with zero attached hydrogens (tertiary/aromatic N) is 2. The van der Waals surface area contributed by atoms with Crippen molar-refractivity contribution in [2.75, 3.05) is 13.1 Å². The van der Waals surface area contributed by atoms with Crippen LogP contribution in [0.3, 0.4) is 0 Å². The number of halogens is 1. The van der Waals surface area contributed by atoms with Gasteiger partial charge in [0.2, 0.25) is 0 Å². The number of carboxylic acid groups (broad SMARTS) is 1. The lowest BCUT2D eigenvalue weighted by Crippen LogP contribution is -2.29. The van der Waals surface area contributed by atoms with Crippen LogP contribution in [0.4, 0.5) is 5.69 Å². The Morgan fingerprint density at radius 2 is 2.26 bits per heavy atom. The van der Waals surface area contributed by atoms with Crippen LogP contribution in [0, 0.1) is 10.1 Å². The van der Waals surface area contributed by atoms with Crippen molar-refractivity contribution in [3.8, 4) is 0 Å². The molecule has 0 saturated carbocycles. The van der Waals surface area contributed by atoms with Gasteiger partial charge in [0.15, 0.2) is 0 Å². The standard InChI is InChI=1S/C12H13ClN2O4/c1-2-5-14(8-12(16)17)7-9-6-10(13)3-4-11(9)15(18)19/h2-4,6H,1,5,7-8H2,(H,16,17). The molecule has 0 unspecified atom stereocenters. The summed E-state index contributed by atoms with van der Waals surface area (Å²) in [6, 6.07) is 4.21. The fourth-order valence-corrected chi connectivity index (χ4v) is 1.85. The predicted octanol–water partition coefficient (Wildman–Crippen LogP) is 2.32. The van der Waals surface area contributed by atoms with Gasteiger partial charge in [-0.25, -0.2) is 0 Å². The van der Waals surface area contributed by atoms with Crippen molar-refractivity contribution in [2.45, 2.75) is 6.54 Å². The summed E-state index contributed by atoms with van der Waals surface area (Å²) in [5, 5.41) is 20.1. The zero-order valence-electron chi connectivity index (χ0n) is 10.1. The van der Waals surface area contributed by atoms with E-state index in [1.165, 1.54) is 23.1 Å². The Morgan fingerprint density at radius 1 is 1.58 bits per heavy atom. The quantitative estimate of drug-likeness (QED) is 0.472. The second-order valence-corrected chi connectivity index (χ2v) is 4.32. The third-order valence-corrected chi connectivity index (χ3v) is 2.61. The molecule has 6 nitrogen and oxygen atoms in total. The Morgan fingerprint density at radius 3 is 2.79 bits per heavy atom. The summed E-state index contributed by atoms with van der Waals surface area (Å²) < 4.78 is 0. The van der Waals surface area contributed by atoms with Crippen LogP contribution in [0.1, 0.15) is 5.56 Å². The second-order valence-electron chi connectivity index (χ2n) is 3.88. The fourth-order valence-electron chi connectivity index (χ4n) is 1.66. The Hall–Kier alpha value is -1.92. The molecule has 102 valence electrons. The van der Waals surface area contributed by atoms with Crippen molar-refractivity contribution in [3.05, 3.63) is 51.6 Å². The third kappa shape index (κ3) is 4.69. The Labute approximate surface area is 115 Å². The fraction of sp³-hybridized carbons (Fsp3) is 0.250. The van der Waals surface area contributed by atoms with E-state index in [4.69, 9.17) is 16.7 Å². The Balaban J connectivity index is 2.99. The van der Waals surface area contributed by atoms with E-state index in [9.17, 15) is 14.9 Å². The molecule has 1 rings (SSSR count). The molecule has 0 heterocycles. The highest BCUT2D eigenvalue weighted by Gasteiger charge is 2.17. The first-order valence-electron chi connectivity index (χ1n) is 5.42. The lowest BCUT2D eigenvalue weighted by Gasteiger charge is -2.18. The number of nitro benzene ring substituents is 1. The SMILES string of the molecule is C=CCN(CC(=O)O)Cc1cc(Cl)ccc1[N+](=O)[O-]. The minimum absolute atomic E-state index is 0.0798. The van der Waals surface area contributed by atoms with Crippen LogP contribution in [-0.2, 0) is 11.3 Å². The van der Waals surface area contributed by atoms with Gasteiger partial charge in [-0.1, -0.05) is 17.7 Å². The third-order valence-electron chi connectivity index (χ3n) is 2.38. The molecule has 0 aliphatic rings. The maximum absolute atomic E-state index is 10.9. The van der Waals surface area contributed by atoms with Crippen LogP contribution < -0.4 is 0 Å². The summed E-state index contributed by atoms with van der Waals surface area (Å²) in [7, 11) is 0. The molecule has 0 fully saturated rings. The zero-order chi connectivity index (χ0) is 14.4. The van der Waals surface area contributed by atoms with Crippen LogP contribution >= 0.6 is 11.6 Å². The normalized spacial score (nSPS) is 10.4. The topological polar surface area (TPSA) is 83.7 Å². The average Bonchev–Trinajstić information content (AvgIpc) is 2.27. The van der Waals surface area contributed by atoms with Crippen molar-refractivity contribution >= 4 is 23.3 Å². The highest BCUT2D eigenvalue weighted by Crippen LogP contribution is 2.24. The zero-order valence-corrected chi connectivity index (χ0v) is 10.8. The molecule has 0 saturated heterocycles. The highest BCUT2D eigenvalue weighted by molar-refractivity contribution is 6.30. The van der Waals surface area contributed by atoms with E-state index in [-0.39, 0.29) is 18.8 Å². The van der Waals surface area contributed by atoms with E-state index in [1.54, 1.807) is 6.08 Å². The van der Waals surface area contributed by atoms with Gasteiger partial charge in [-0.05, 0) is 12.1 Å². The van der Waals surface area contributed by atoms with E-state index in [0.29, 0.717) is 17.1 Å². The molecule has 0 aliphatic carbocycles. The lowest BCUT2D eigenvalue weighted by atomic mass is 10.1. The summed E-state index contributed by atoms with van der Waals surface area (Å²) >= 11 is 5.81. The first-order chi connectivity index (χ1) is 8.93. The molecular formula is C12H13ClN2O4. The number of carboxylic acids is 1. The monoisotopic (exact) mass is 284 g/mol. The van der Waals surface area contributed by atoms with Gasteiger partial charge < -0.3 is 5.11 Å². The van der Waals surface area contributed by atoms with E-state index >= 15 is 0 Å². The van der Waals surface area contributed by atoms with Gasteiger partial charge in [0.25, 0.3) is 5.69 Å². The molecule has 1 aromatic carbocycles. The smallest absolute Gasteiger partial charge is 0.317 e. The minimum Gasteiger partial charge on any atom is -0.480 e. The number of carbonyl (C=O) groups is 1. The number of aliphatic carboxylic acids is 1. The molecule has 0 radical (unpaired) electrons. The van der Waals surface area contributed by atoms with E-state index in [0.717, 1.165) is 0 Å². The molecule has 19 heavy (non-hydrogen) atoms. The van der Waals surface area contributed by atoms with Crippen LogP contribution in [0.25, 0.3) is 0 Å². The van der Waals surface area contributed by atoms with Gasteiger partial charge >= 0.3 is 5.97 Å². The van der Waals surface area contributed by atoms with Crippen LogP contribution in [-0.4, -0.2) is 34.0 Å². The van der Waals surface area contributed by atoms with Crippen molar-refractivity contribution in [1.82, 2.24) is 4.90 Å². The maximum Gasteiger partial charge on any atom is 0.317 e. The largest absolute Gasteiger partial charge is 0.480 e. The summed E-state index contributed by atoms with van der Waals surface area (Å²) in [4.78, 5) is 22.6. The van der Waals surface area contributed by atoms with Gasteiger partial charge in [-0.15, -0.1) is 6.58 Å². The Bertz CT molecular complexity index is 505. The molecule has 0 atom stereocenters. The van der Waals surface area contributed by atoms with Gasteiger partial charge in [0.05, 0.1) is 11.5 Å². The summed E-state index contributed by atoms with van der Waals surface area (Å²) in [5.41, 5.74) is 0.296. The number of hydrogen-bond donors (Lipinski definition) is 1. The summed E-state index contributed by atoms with van der Waals surface area (Å²) in [6.45, 7) is 3.74. The molecule has 0 bridgehead atoms. The molecular weight excluding hydrogens is 272 g/mol. The average molecular weight is 285 g/mol. The van der Waals surface area contributed by atoms with E-state index in [1.807, 2.05) is 0 Å². The van der Waals surface area contributed by atoms with Crippen molar-refractivity contribution in [3.63, 3.8) is 0 Å². The molecule has 7 heteroatoms. The molecule has 1 N–H and O–H groups in total. The number of nitro groups is 1. The first kappa shape index (κ1) is 15.1. The molecule has 0 aliphatic heterocycles.